The summed E-state index contributed by atoms with van der Waals surface area (Å²) in [6, 6.07) is 14.3. The number of aryl methyl sites for hydroxylation is 1. The number of nitrogens with one attached hydrogen (secondary N) is 2. The summed E-state index contributed by atoms with van der Waals surface area (Å²) in [4.78, 5) is 25.9. The monoisotopic (exact) mass is 552 g/mol. The molecule has 3 atom stereocenters. The zero-order chi connectivity index (χ0) is 28.2. The van der Waals surface area contributed by atoms with E-state index in [2.05, 4.69) is 55.7 Å². The van der Waals surface area contributed by atoms with Gasteiger partial charge in [-0.2, -0.15) is 11.8 Å². The first-order valence-corrected chi connectivity index (χ1v) is 16.1. The molecule has 2 N–H and O–H groups in total. The van der Waals surface area contributed by atoms with Crippen LogP contribution in [-0.2, 0) is 9.53 Å². The van der Waals surface area contributed by atoms with E-state index in [4.69, 9.17) is 4.74 Å². The molecule has 0 radical (unpaired) electrons. The van der Waals surface area contributed by atoms with Gasteiger partial charge in [-0.3, -0.25) is 4.79 Å². The summed E-state index contributed by atoms with van der Waals surface area (Å²) in [6.45, 7) is 6.57. The van der Waals surface area contributed by atoms with Gasteiger partial charge in [-0.05, 0) is 85.4 Å². The van der Waals surface area contributed by atoms with E-state index in [9.17, 15) is 9.59 Å². The molecule has 0 spiro atoms. The van der Waals surface area contributed by atoms with Gasteiger partial charge in [0.05, 0.1) is 7.11 Å². The number of esters is 1. The highest BCUT2D eigenvalue weighted by Crippen LogP contribution is 2.32. The number of thioether (sulfide) groups is 1. The number of hydrogen-bond donors (Lipinski definition) is 2. The van der Waals surface area contributed by atoms with E-state index >= 15 is 0 Å². The lowest BCUT2D eigenvalue weighted by molar-refractivity contribution is -0.142. The number of hydrogen-bond acceptors (Lipinski definition) is 5. The molecule has 2 aromatic rings. The second-order valence-electron chi connectivity index (χ2n) is 11.1. The normalized spacial score (nSPS) is 16.3. The van der Waals surface area contributed by atoms with Crippen LogP contribution in [0.1, 0.15) is 99.2 Å². The van der Waals surface area contributed by atoms with Crippen LogP contribution in [0.2, 0.25) is 0 Å². The van der Waals surface area contributed by atoms with Crippen LogP contribution >= 0.6 is 11.8 Å². The minimum atomic E-state index is -0.672. The van der Waals surface area contributed by atoms with Gasteiger partial charge in [0.15, 0.2) is 0 Å². The topological polar surface area (TPSA) is 67.4 Å². The van der Waals surface area contributed by atoms with E-state index in [0.717, 1.165) is 28.4 Å². The third-order valence-corrected chi connectivity index (χ3v) is 8.73. The minimum absolute atomic E-state index is 0.161. The van der Waals surface area contributed by atoms with Gasteiger partial charge < -0.3 is 15.4 Å². The van der Waals surface area contributed by atoms with Gasteiger partial charge in [-0.1, -0.05) is 75.8 Å². The summed E-state index contributed by atoms with van der Waals surface area (Å²) >= 11 is 1.64. The molecule has 1 aliphatic rings. The highest BCUT2D eigenvalue weighted by molar-refractivity contribution is 7.98. The molecule has 1 fully saturated rings. The zero-order valence-electron chi connectivity index (χ0n) is 24.6. The third-order valence-electron chi connectivity index (χ3n) is 8.09. The van der Waals surface area contributed by atoms with E-state index in [1.165, 1.54) is 64.0 Å². The predicted octanol–water partition coefficient (Wildman–Crippen LogP) is 7.48. The van der Waals surface area contributed by atoms with E-state index in [1.54, 1.807) is 11.8 Å². The number of amides is 1. The Hall–Kier alpha value is -2.31. The maximum Gasteiger partial charge on any atom is 0.328 e. The molecule has 2 aromatic carbocycles. The van der Waals surface area contributed by atoms with Crippen LogP contribution in [0, 0.1) is 12.8 Å². The second-order valence-corrected chi connectivity index (χ2v) is 12.0. The van der Waals surface area contributed by atoms with Crippen molar-refractivity contribution in [3.63, 3.8) is 0 Å². The number of benzene rings is 2. The molecule has 1 saturated carbocycles. The number of methoxy groups -OCH3 is 1. The Morgan fingerprint density at radius 1 is 1.05 bits per heavy atom. The van der Waals surface area contributed by atoms with Crippen LogP contribution in [0.5, 0.6) is 0 Å². The van der Waals surface area contributed by atoms with Crippen LogP contribution in [0.4, 0.5) is 0 Å². The number of carbonyl (C=O) groups excluding carboxylic acids is 2. The van der Waals surface area contributed by atoms with Crippen molar-refractivity contribution in [2.24, 2.45) is 5.92 Å². The lowest BCUT2D eigenvalue weighted by atomic mass is 9.83. The SMILES string of the molecule is CCCC(CC1CCCCC1)NC(C)c1ccc(C(=O)NC(CCSC)C(=O)OC)c(-c2ccccc2C)c1. The Bertz CT molecular complexity index is 1070. The van der Waals surface area contributed by atoms with Gasteiger partial charge in [0.25, 0.3) is 5.91 Å². The Morgan fingerprint density at radius 2 is 1.79 bits per heavy atom. The standard InChI is InChI=1S/C33H48N2O3S/c1-6-12-27(21-25-14-8-7-9-15-25)34-24(3)26-17-18-29(30(22-26)28-16-11-10-13-23(28)2)32(36)35-31(19-20-39-5)33(37)38-4/h10-11,13,16-18,22,24-25,27,31,34H,6-9,12,14-15,19-21H2,1-5H3,(H,35,36). The summed E-state index contributed by atoms with van der Waals surface area (Å²) in [5, 5.41) is 6.89. The summed E-state index contributed by atoms with van der Waals surface area (Å²) in [7, 11) is 1.36. The van der Waals surface area contributed by atoms with Crippen molar-refractivity contribution in [1.82, 2.24) is 10.6 Å². The maximum absolute atomic E-state index is 13.6. The first-order chi connectivity index (χ1) is 18.9. The van der Waals surface area contributed by atoms with Gasteiger partial charge in [0.1, 0.15) is 6.04 Å². The number of carbonyl (C=O) groups is 2. The summed E-state index contributed by atoms with van der Waals surface area (Å²) in [5.74, 6) is 0.923. The maximum atomic E-state index is 13.6. The molecule has 0 aromatic heterocycles. The highest BCUT2D eigenvalue weighted by Gasteiger charge is 2.25. The number of rotatable bonds is 14. The van der Waals surface area contributed by atoms with Crippen LogP contribution in [0.3, 0.4) is 0 Å². The minimum Gasteiger partial charge on any atom is -0.467 e. The fraction of sp³-hybridized carbons (Fsp3) is 0.576. The Morgan fingerprint density at radius 3 is 2.46 bits per heavy atom. The van der Waals surface area contributed by atoms with Gasteiger partial charge in [0.2, 0.25) is 0 Å². The van der Waals surface area contributed by atoms with Crippen molar-refractivity contribution in [3.05, 3.63) is 59.2 Å². The summed E-state index contributed by atoms with van der Waals surface area (Å²) in [6.07, 6.45) is 13.0. The first-order valence-electron chi connectivity index (χ1n) is 14.7. The zero-order valence-corrected chi connectivity index (χ0v) is 25.4. The van der Waals surface area contributed by atoms with Crippen molar-refractivity contribution < 1.29 is 14.3 Å². The van der Waals surface area contributed by atoms with E-state index in [0.29, 0.717) is 18.0 Å². The van der Waals surface area contributed by atoms with E-state index in [1.807, 2.05) is 24.5 Å². The fourth-order valence-electron chi connectivity index (χ4n) is 5.88. The molecule has 3 rings (SSSR count). The smallest absolute Gasteiger partial charge is 0.328 e. The molecule has 214 valence electrons. The molecule has 0 bridgehead atoms. The van der Waals surface area contributed by atoms with Crippen LogP contribution in [0.25, 0.3) is 11.1 Å². The predicted molar refractivity (Wildman–Crippen MR) is 164 cm³/mol. The van der Waals surface area contributed by atoms with Gasteiger partial charge in [-0.15, -0.1) is 0 Å². The van der Waals surface area contributed by atoms with Gasteiger partial charge in [-0.25, -0.2) is 4.79 Å². The fourth-order valence-corrected chi connectivity index (χ4v) is 6.35. The molecule has 1 amide bonds. The largest absolute Gasteiger partial charge is 0.467 e. The Labute approximate surface area is 240 Å². The first kappa shape index (κ1) is 31.2. The van der Waals surface area contributed by atoms with Crippen molar-refractivity contribution in [2.75, 3.05) is 19.1 Å². The summed E-state index contributed by atoms with van der Waals surface area (Å²) < 4.78 is 4.97. The van der Waals surface area contributed by atoms with E-state index in [-0.39, 0.29) is 11.9 Å². The molecule has 6 heteroatoms. The highest BCUT2D eigenvalue weighted by atomic mass is 32.2. The molecule has 39 heavy (non-hydrogen) atoms. The molecule has 0 aliphatic heterocycles. The molecular formula is C33H48N2O3S. The number of ether oxygens (including phenoxy) is 1. The molecule has 5 nitrogen and oxygen atoms in total. The quantitative estimate of drug-likeness (QED) is 0.238. The average molecular weight is 553 g/mol. The molecule has 0 saturated heterocycles. The molecule has 1 aliphatic carbocycles. The van der Waals surface area contributed by atoms with Crippen molar-refractivity contribution in [3.8, 4) is 11.1 Å². The van der Waals surface area contributed by atoms with Crippen LogP contribution in [0.15, 0.2) is 42.5 Å². The van der Waals surface area contributed by atoms with Crippen LogP contribution < -0.4 is 10.6 Å². The lowest BCUT2D eigenvalue weighted by Gasteiger charge is -2.30. The molecule has 0 heterocycles. The molecular weight excluding hydrogens is 504 g/mol. The van der Waals surface area contributed by atoms with Crippen molar-refractivity contribution >= 4 is 23.6 Å². The van der Waals surface area contributed by atoms with Gasteiger partial charge in [0, 0.05) is 17.6 Å². The Balaban J connectivity index is 1.88. The van der Waals surface area contributed by atoms with Crippen molar-refractivity contribution in [2.45, 2.75) is 96.7 Å². The van der Waals surface area contributed by atoms with Gasteiger partial charge >= 0.3 is 5.97 Å². The third kappa shape index (κ3) is 9.11. The lowest BCUT2D eigenvalue weighted by Crippen LogP contribution is -2.42. The van der Waals surface area contributed by atoms with Crippen LogP contribution in [-0.4, -0.2) is 43.1 Å². The summed E-state index contributed by atoms with van der Waals surface area (Å²) in [5.41, 5.74) is 4.77. The molecule has 3 unspecified atom stereocenters. The Kier molecular flexibility index (Phi) is 12.9. The average Bonchev–Trinajstić information content (AvgIpc) is 2.95. The van der Waals surface area contributed by atoms with E-state index < -0.39 is 12.0 Å². The second kappa shape index (κ2) is 16.1. The van der Waals surface area contributed by atoms with Crippen molar-refractivity contribution in [1.29, 1.82) is 0 Å².